The van der Waals surface area contributed by atoms with Gasteiger partial charge in [0.1, 0.15) is 24.7 Å². The molecule has 2 aromatic heterocycles. The minimum Gasteiger partial charge on any atom is -0.486 e. The van der Waals surface area contributed by atoms with Crippen molar-refractivity contribution >= 4 is 17.3 Å². The van der Waals surface area contributed by atoms with Gasteiger partial charge in [-0.2, -0.15) is 5.26 Å². The maximum atomic E-state index is 11.0. The Morgan fingerprint density at radius 1 is 1.04 bits per heavy atom. The number of aromatic nitrogens is 3. The van der Waals surface area contributed by atoms with Gasteiger partial charge in [0.15, 0.2) is 0 Å². The van der Waals surface area contributed by atoms with E-state index in [9.17, 15) is 10.1 Å². The summed E-state index contributed by atoms with van der Waals surface area (Å²) in [6.45, 7) is 0.199. The number of ether oxygens (including phenoxy) is 1. The highest BCUT2D eigenvalue weighted by Crippen LogP contribution is 2.26. The van der Waals surface area contributed by atoms with Gasteiger partial charge in [-0.25, -0.2) is 4.98 Å². The molecule has 6 nitrogen and oxygen atoms in total. The summed E-state index contributed by atoms with van der Waals surface area (Å²) < 4.78 is 5.80. The normalized spacial score (nSPS) is 10.4. The monoisotopic (exact) mass is 366 g/mol. The van der Waals surface area contributed by atoms with Crippen LogP contribution in [0.5, 0.6) is 5.75 Å². The number of nitriles is 1. The minimum absolute atomic E-state index is 0.199. The highest BCUT2D eigenvalue weighted by Gasteiger charge is 2.09. The SMILES string of the molecule is N#Cc1cc(-c2cc(C=O)ccn2)ccc1OCc1cnc2ccccc2n1. The second-order valence-electron chi connectivity index (χ2n) is 6.05. The fourth-order valence-electron chi connectivity index (χ4n) is 2.80. The van der Waals surface area contributed by atoms with E-state index in [1.165, 1.54) is 0 Å². The molecule has 0 bridgehead atoms. The van der Waals surface area contributed by atoms with Crippen LogP contribution in [0, 0.1) is 11.3 Å². The Labute approximate surface area is 161 Å². The van der Waals surface area contributed by atoms with Crippen molar-refractivity contribution in [3.05, 3.63) is 83.8 Å². The van der Waals surface area contributed by atoms with E-state index in [1.807, 2.05) is 24.3 Å². The van der Waals surface area contributed by atoms with Crippen LogP contribution in [0.4, 0.5) is 0 Å². The molecule has 2 aromatic carbocycles. The van der Waals surface area contributed by atoms with Crippen molar-refractivity contribution in [1.29, 1.82) is 5.26 Å². The predicted molar refractivity (Wildman–Crippen MR) is 104 cm³/mol. The molecule has 4 aromatic rings. The molecule has 0 fully saturated rings. The lowest BCUT2D eigenvalue weighted by Gasteiger charge is -2.09. The number of rotatable bonds is 5. The van der Waals surface area contributed by atoms with Crippen molar-refractivity contribution in [2.45, 2.75) is 6.61 Å². The molecule has 28 heavy (non-hydrogen) atoms. The summed E-state index contributed by atoms with van der Waals surface area (Å²) in [4.78, 5) is 24.1. The predicted octanol–water partition coefficient (Wildman–Crippen LogP) is 3.95. The summed E-state index contributed by atoms with van der Waals surface area (Å²) in [6, 6.07) is 18.3. The largest absolute Gasteiger partial charge is 0.486 e. The number of nitrogens with zero attached hydrogens (tertiary/aromatic N) is 4. The average Bonchev–Trinajstić information content (AvgIpc) is 2.77. The minimum atomic E-state index is 0.199. The van der Waals surface area contributed by atoms with Crippen molar-refractivity contribution < 1.29 is 9.53 Å². The second-order valence-corrected chi connectivity index (χ2v) is 6.05. The first-order valence-corrected chi connectivity index (χ1v) is 8.56. The molecule has 0 aliphatic rings. The molecule has 0 saturated heterocycles. The molecular weight excluding hydrogens is 352 g/mol. The molecule has 0 saturated carbocycles. The van der Waals surface area contributed by atoms with Crippen LogP contribution in [-0.2, 0) is 6.61 Å². The van der Waals surface area contributed by atoms with E-state index in [0.717, 1.165) is 22.9 Å². The van der Waals surface area contributed by atoms with E-state index in [-0.39, 0.29) is 6.61 Å². The molecule has 2 heterocycles. The van der Waals surface area contributed by atoms with Gasteiger partial charge >= 0.3 is 0 Å². The highest BCUT2D eigenvalue weighted by molar-refractivity contribution is 5.78. The van der Waals surface area contributed by atoms with Crippen molar-refractivity contribution in [2.75, 3.05) is 0 Å². The topological polar surface area (TPSA) is 88.8 Å². The van der Waals surface area contributed by atoms with Gasteiger partial charge in [0, 0.05) is 17.3 Å². The molecule has 0 aliphatic carbocycles. The van der Waals surface area contributed by atoms with E-state index in [1.54, 1.807) is 42.7 Å². The second kappa shape index (κ2) is 7.64. The number of para-hydroxylation sites is 2. The Hall–Kier alpha value is -4.11. The Balaban J connectivity index is 1.57. The first-order chi connectivity index (χ1) is 13.8. The smallest absolute Gasteiger partial charge is 0.150 e. The summed E-state index contributed by atoms with van der Waals surface area (Å²) in [5, 5.41) is 9.49. The lowest BCUT2D eigenvalue weighted by Crippen LogP contribution is -2.01. The molecule has 6 heteroatoms. The number of carbonyl (C=O) groups is 1. The fourth-order valence-corrected chi connectivity index (χ4v) is 2.80. The summed E-state index contributed by atoms with van der Waals surface area (Å²) in [7, 11) is 0. The van der Waals surface area contributed by atoms with Crippen LogP contribution >= 0.6 is 0 Å². The molecule has 4 rings (SSSR count). The third-order valence-corrected chi connectivity index (χ3v) is 4.19. The molecule has 0 aliphatic heterocycles. The summed E-state index contributed by atoms with van der Waals surface area (Å²) in [6.07, 6.45) is 3.99. The van der Waals surface area contributed by atoms with Gasteiger partial charge in [0.2, 0.25) is 0 Å². The molecule has 0 N–H and O–H groups in total. The summed E-state index contributed by atoms with van der Waals surface area (Å²) in [5.74, 6) is 0.452. The molecule has 0 spiro atoms. The van der Waals surface area contributed by atoms with Crippen molar-refractivity contribution in [3.8, 4) is 23.1 Å². The van der Waals surface area contributed by atoms with Crippen LogP contribution in [0.3, 0.4) is 0 Å². The standard InChI is InChI=1S/C22H14N4O2/c23-11-17-10-16(21-9-15(13-27)7-8-24-21)5-6-22(17)28-14-18-12-25-19-3-1-2-4-20(19)26-18/h1-10,12-13H,14H2. The zero-order valence-corrected chi connectivity index (χ0v) is 14.7. The fraction of sp³-hybridized carbons (Fsp3) is 0.0455. The third-order valence-electron chi connectivity index (χ3n) is 4.19. The third kappa shape index (κ3) is 3.55. The number of pyridine rings is 1. The lowest BCUT2D eigenvalue weighted by atomic mass is 10.1. The Morgan fingerprint density at radius 2 is 1.89 bits per heavy atom. The van der Waals surface area contributed by atoms with Crippen LogP contribution in [-0.4, -0.2) is 21.2 Å². The lowest BCUT2D eigenvalue weighted by molar-refractivity contribution is 0.112. The molecule has 0 unspecified atom stereocenters. The van der Waals surface area contributed by atoms with Gasteiger partial charge in [-0.1, -0.05) is 12.1 Å². The Bertz CT molecular complexity index is 1210. The molecular formula is C22H14N4O2. The zero-order chi connectivity index (χ0) is 19.3. The highest BCUT2D eigenvalue weighted by atomic mass is 16.5. The number of carbonyl (C=O) groups excluding carboxylic acids is 1. The van der Waals surface area contributed by atoms with Crippen molar-refractivity contribution in [1.82, 2.24) is 15.0 Å². The van der Waals surface area contributed by atoms with Gasteiger partial charge in [0.05, 0.1) is 34.2 Å². The number of hydrogen-bond donors (Lipinski definition) is 0. The number of aldehydes is 1. The first kappa shape index (κ1) is 17.3. The molecule has 0 atom stereocenters. The summed E-state index contributed by atoms with van der Waals surface area (Å²) >= 11 is 0. The van der Waals surface area contributed by atoms with E-state index < -0.39 is 0 Å². The van der Waals surface area contributed by atoms with Crippen LogP contribution < -0.4 is 4.74 Å². The number of benzene rings is 2. The van der Waals surface area contributed by atoms with Crippen LogP contribution in [0.25, 0.3) is 22.3 Å². The number of fused-ring (bicyclic) bond motifs is 1. The van der Waals surface area contributed by atoms with Gasteiger partial charge in [-0.05, 0) is 42.5 Å². The van der Waals surface area contributed by atoms with Crippen molar-refractivity contribution in [3.63, 3.8) is 0 Å². The van der Waals surface area contributed by atoms with Gasteiger partial charge in [0.25, 0.3) is 0 Å². The van der Waals surface area contributed by atoms with Gasteiger partial charge in [-0.3, -0.25) is 14.8 Å². The number of hydrogen-bond acceptors (Lipinski definition) is 6. The quantitative estimate of drug-likeness (QED) is 0.497. The van der Waals surface area contributed by atoms with E-state index in [4.69, 9.17) is 4.74 Å². The van der Waals surface area contributed by atoms with Gasteiger partial charge < -0.3 is 4.74 Å². The van der Waals surface area contributed by atoms with Crippen LogP contribution in [0.1, 0.15) is 21.6 Å². The van der Waals surface area contributed by atoms with Gasteiger partial charge in [-0.15, -0.1) is 0 Å². The zero-order valence-electron chi connectivity index (χ0n) is 14.7. The maximum Gasteiger partial charge on any atom is 0.150 e. The van der Waals surface area contributed by atoms with E-state index in [0.29, 0.717) is 28.3 Å². The van der Waals surface area contributed by atoms with E-state index in [2.05, 4.69) is 21.0 Å². The summed E-state index contributed by atoms with van der Waals surface area (Å²) in [5.41, 5.74) is 4.54. The maximum absolute atomic E-state index is 11.0. The van der Waals surface area contributed by atoms with Crippen LogP contribution in [0.15, 0.2) is 67.0 Å². The average molecular weight is 366 g/mol. The van der Waals surface area contributed by atoms with Crippen molar-refractivity contribution in [2.24, 2.45) is 0 Å². The Kier molecular flexibility index (Phi) is 4.72. The van der Waals surface area contributed by atoms with E-state index >= 15 is 0 Å². The first-order valence-electron chi connectivity index (χ1n) is 8.56. The molecule has 0 radical (unpaired) electrons. The van der Waals surface area contributed by atoms with Crippen LogP contribution in [0.2, 0.25) is 0 Å². The molecule has 134 valence electrons. The Morgan fingerprint density at radius 3 is 2.71 bits per heavy atom. The molecule has 0 amide bonds.